The van der Waals surface area contributed by atoms with Crippen LogP contribution in [0, 0.1) is 5.92 Å². The van der Waals surface area contributed by atoms with Crippen LogP contribution in [0.2, 0.25) is 0 Å². The van der Waals surface area contributed by atoms with E-state index in [0.717, 1.165) is 13.2 Å². The third-order valence-corrected chi connectivity index (χ3v) is 3.19. The van der Waals surface area contributed by atoms with Crippen molar-refractivity contribution in [2.24, 2.45) is 5.92 Å². The maximum Gasteiger partial charge on any atom is 0.0692 e. The molecule has 90 valence electrons. The van der Waals surface area contributed by atoms with Gasteiger partial charge in [0.05, 0.1) is 12.7 Å². The summed E-state index contributed by atoms with van der Waals surface area (Å²) in [4.78, 5) is 0. The van der Waals surface area contributed by atoms with E-state index < -0.39 is 0 Å². The molecule has 1 rings (SSSR count). The molecule has 2 atom stereocenters. The topological polar surface area (TPSA) is 41.5 Å². The maximum atomic E-state index is 9.92. The second kappa shape index (κ2) is 7.20. The average Bonchev–Trinajstić information content (AvgIpc) is 2.76. The molecule has 1 aliphatic carbocycles. The summed E-state index contributed by atoms with van der Waals surface area (Å²) in [5, 5.41) is 13.2. The first-order chi connectivity index (χ1) is 7.24. The van der Waals surface area contributed by atoms with Gasteiger partial charge in [0.2, 0.25) is 0 Å². The van der Waals surface area contributed by atoms with E-state index in [0.29, 0.717) is 18.5 Å². The van der Waals surface area contributed by atoms with Crippen molar-refractivity contribution in [3.8, 4) is 0 Å². The fourth-order valence-corrected chi connectivity index (χ4v) is 2.18. The standard InChI is InChI=1S/C12H25NO2/c1-3-15-9-10(2)13-8-12(14)11-6-4-5-7-11/h10-14H,3-9H2,1-2H3. The molecule has 0 aliphatic heterocycles. The SMILES string of the molecule is CCOCC(C)NCC(O)C1CCCC1. The number of hydrogen-bond donors (Lipinski definition) is 2. The smallest absolute Gasteiger partial charge is 0.0692 e. The Morgan fingerprint density at radius 2 is 2.07 bits per heavy atom. The predicted molar refractivity (Wildman–Crippen MR) is 61.9 cm³/mol. The summed E-state index contributed by atoms with van der Waals surface area (Å²) in [6.45, 7) is 6.29. The second-order valence-corrected chi connectivity index (χ2v) is 4.58. The zero-order chi connectivity index (χ0) is 11.1. The van der Waals surface area contributed by atoms with Crippen LogP contribution in [0.15, 0.2) is 0 Å². The van der Waals surface area contributed by atoms with E-state index in [2.05, 4.69) is 12.2 Å². The number of ether oxygens (including phenoxy) is 1. The minimum atomic E-state index is -0.170. The van der Waals surface area contributed by atoms with E-state index in [4.69, 9.17) is 4.74 Å². The molecule has 0 aromatic rings. The van der Waals surface area contributed by atoms with Gasteiger partial charge in [-0.25, -0.2) is 0 Å². The summed E-state index contributed by atoms with van der Waals surface area (Å²) in [5.74, 6) is 0.525. The van der Waals surface area contributed by atoms with E-state index in [-0.39, 0.29) is 6.10 Å². The Hall–Kier alpha value is -0.120. The lowest BCUT2D eigenvalue weighted by Crippen LogP contribution is -2.39. The molecule has 1 fully saturated rings. The van der Waals surface area contributed by atoms with Crippen LogP contribution >= 0.6 is 0 Å². The Bertz CT molecular complexity index is 158. The van der Waals surface area contributed by atoms with E-state index in [1.165, 1.54) is 25.7 Å². The molecule has 0 bridgehead atoms. The third-order valence-electron chi connectivity index (χ3n) is 3.19. The van der Waals surface area contributed by atoms with Crippen LogP contribution in [0.1, 0.15) is 39.5 Å². The van der Waals surface area contributed by atoms with Crippen LogP contribution in [0.25, 0.3) is 0 Å². The van der Waals surface area contributed by atoms with Crippen LogP contribution in [0.4, 0.5) is 0 Å². The Kier molecular flexibility index (Phi) is 6.22. The lowest BCUT2D eigenvalue weighted by Gasteiger charge is -2.21. The van der Waals surface area contributed by atoms with Gasteiger partial charge in [0.25, 0.3) is 0 Å². The van der Waals surface area contributed by atoms with E-state index in [1.807, 2.05) is 6.92 Å². The lowest BCUT2D eigenvalue weighted by molar-refractivity contribution is 0.0910. The van der Waals surface area contributed by atoms with Gasteiger partial charge in [-0.3, -0.25) is 0 Å². The molecule has 0 heterocycles. The molecule has 0 radical (unpaired) electrons. The molecule has 0 amide bonds. The first kappa shape index (κ1) is 12.9. The zero-order valence-electron chi connectivity index (χ0n) is 10.0. The number of nitrogens with one attached hydrogen (secondary N) is 1. The van der Waals surface area contributed by atoms with Crippen molar-refractivity contribution in [2.45, 2.75) is 51.7 Å². The zero-order valence-corrected chi connectivity index (χ0v) is 10.0. The summed E-state index contributed by atoms with van der Waals surface area (Å²) >= 11 is 0. The molecule has 0 aromatic carbocycles. The van der Waals surface area contributed by atoms with Gasteiger partial charge < -0.3 is 15.2 Å². The van der Waals surface area contributed by atoms with Crippen molar-refractivity contribution < 1.29 is 9.84 Å². The highest BCUT2D eigenvalue weighted by Crippen LogP contribution is 2.27. The van der Waals surface area contributed by atoms with Gasteiger partial charge in [0, 0.05) is 19.2 Å². The predicted octanol–water partition coefficient (Wildman–Crippen LogP) is 1.55. The number of rotatable bonds is 7. The van der Waals surface area contributed by atoms with Gasteiger partial charge in [-0.2, -0.15) is 0 Å². The number of hydrogen-bond acceptors (Lipinski definition) is 3. The Labute approximate surface area is 93.2 Å². The summed E-state index contributed by atoms with van der Waals surface area (Å²) in [6, 6.07) is 0.334. The molecule has 0 saturated heterocycles. The number of aliphatic hydroxyl groups excluding tert-OH is 1. The molecule has 0 aromatic heterocycles. The summed E-state index contributed by atoms with van der Waals surface area (Å²) < 4.78 is 5.31. The van der Waals surface area contributed by atoms with E-state index >= 15 is 0 Å². The van der Waals surface area contributed by atoms with Crippen molar-refractivity contribution >= 4 is 0 Å². The maximum absolute atomic E-state index is 9.92. The van der Waals surface area contributed by atoms with E-state index in [9.17, 15) is 5.11 Å². The Morgan fingerprint density at radius 3 is 2.67 bits per heavy atom. The monoisotopic (exact) mass is 215 g/mol. The minimum absolute atomic E-state index is 0.170. The van der Waals surface area contributed by atoms with Crippen LogP contribution in [0.3, 0.4) is 0 Å². The average molecular weight is 215 g/mol. The molecular weight excluding hydrogens is 190 g/mol. The summed E-state index contributed by atoms with van der Waals surface area (Å²) in [6.07, 6.45) is 4.80. The van der Waals surface area contributed by atoms with E-state index in [1.54, 1.807) is 0 Å². The quantitative estimate of drug-likeness (QED) is 0.677. The highest BCUT2D eigenvalue weighted by Gasteiger charge is 2.22. The van der Waals surface area contributed by atoms with Crippen LogP contribution in [-0.2, 0) is 4.74 Å². The first-order valence-corrected chi connectivity index (χ1v) is 6.23. The number of aliphatic hydroxyl groups is 1. The molecule has 15 heavy (non-hydrogen) atoms. The van der Waals surface area contributed by atoms with Crippen LogP contribution < -0.4 is 5.32 Å². The fraction of sp³-hybridized carbons (Fsp3) is 1.00. The van der Waals surface area contributed by atoms with Gasteiger partial charge in [-0.05, 0) is 32.6 Å². The minimum Gasteiger partial charge on any atom is -0.392 e. The molecule has 2 unspecified atom stereocenters. The third kappa shape index (κ3) is 4.96. The van der Waals surface area contributed by atoms with Crippen molar-refractivity contribution in [3.05, 3.63) is 0 Å². The van der Waals surface area contributed by atoms with Gasteiger partial charge in [0.1, 0.15) is 0 Å². The molecule has 3 nitrogen and oxygen atoms in total. The van der Waals surface area contributed by atoms with Crippen molar-refractivity contribution in [1.82, 2.24) is 5.32 Å². The summed E-state index contributed by atoms with van der Waals surface area (Å²) in [5.41, 5.74) is 0. The largest absolute Gasteiger partial charge is 0.392 e. The van der Waals surface area contributed by atoms with Crippen LogP contribution in [-0.4, -0.2) is 37.0 Å². The second-order valence-electron chi connectivity index (χ2n) is 4.58. The van der Waals surface area contributed by atoms with Gasteiger partial charge in [-0.1, -0.05) is 12.8 Å². The van der Waals surface area contributed by atoms with Gasteiger partial charge in [0.15, 0.2) is 0 Å². The van der Waals surface area contributed by atoms with Crippen molar-refractivity contribution in [3.63, 3.8) is 0 Å². The first-order valence-electron chi connectivity index (χ1n) is 6.23. The van der Waals surface area contributed by atoms with Crippen molar-refractivity contribution in [2.75, 3.05) is 19.8 Å². The van der Waals surface area contributed by atoms with Crippen molar-refractivity contribution in [1.29, 1.82) is 0 Å². The van der Waals surface area contributed by atoms with Gasteiger partial charge in [-0.15, -0.1) is 0 Å². The Morgan fingerprint density at radius 1 is 1.40 bits per heavy atom. The summed E-state index contributed by atoms with van der Waals surface area (Å²) in [7, 11) is 0. The normalized spacial score (nSPS) is 21.8. The lowest BCUT2D eigenvalue weighted by atomic mass is 10.0. The van der Waals surface area contributed by atoms with Crippen LogP contribution in [0.5, 0.6) is 0 Å². The highest BCUT2D eigenvalue weighted by atomic mass is 16.5. The molecule has 2 N–H and O–H groups in total. The molecule has 3 heteroatoms. The van der Waals surface area contributed by atoms with Gasteiger partial charge >= 0.3 is 0 Å². The Balaban J connectivity index is 2.07. The molecule has 1 aliphatic rings. The molecule has 0 spiro atoms. The molecular formula is C12H25NO2. The highest BCUT2D eigenvalue weighted by molar-refractivity contribution is 4.77. The fourth-order valence-electron chi connectivity index (χ4n) is 2.18. The molecule has 1 saturated carbocycles.